The SMILES string of the molecule is C.CC.CC.CC.CC(=O)OC(Cc1cn2cc(C3CC3)cc(Br)c2n1)c1cc(NC(=O)C2CC2)nc(C)n1.Cc1ccncn1. The van der Waals surface area contributed by atoms with Crippen LogP contribution < -0.4 is 5.32 Å². The molecular weight excluding hydrogens is 646 g/mol. The lowest BCUT2D eigenvalue weighted by Crippen LogP contribution is -2.18. The maximum atomic E-state index is 12.2. The molecule has 0 aromatic carbocycles. The number of hydrogen-bond donors (Lipinski definition) is 1. The first-order chi connectivity index (χ1) is 21.7. The minimum Gasteiger partial charge on any atom is -0.456 e. The van der Waals surface area contributed by atoms with Gasteiger partial charge in [0.05, 0.1) is 15.9 Å². The van der Waals surface area contributed by atoms with E-state index >= 15 is 0 Å². The highest BCUT2D eigenvalue weighted by Crippen LogP contribution is 2.41. The summed E-state index contributed by atoms with van der Waals surface area (Å²) in [4.78, 5) is 45.2. The first kappa shape index (κ1) is 40.3. The predicted octanol–water partition coefficient (Wildman–Crippen LogP) is 8.77. The summed E-state index contributed by atoms with van der Waals surface area (Å²) in [5.41, 5.74) is 4.45. The Morgan fingerprint density at radius 1 is 1.00 bits per heavy atom. The molecule has 0 spiro atoms. The number of carbonyl (C=O) groups is 2. The van der Waals surface area contributed by atoms with Gasteiger partial charge in [-0.15, -0.1) is 0 Å². The van der Waals surface area contributed by atoms with Crippen LogP contribution in [0.5, 0.6) is 0 Å². The molecule has 0 aliphatic heterocycles. The Kier molecular flexibility index (Phi) is 17.9. The van der Waals surface area contributed by atoms with Gasteiger partial charge in [0.25, 0.3) is 0 Å². The molecule has 4 aromatic rings. The summed E-state index contributed by atoms with van der Waals surface area (Å²) in [6.07, 6.45) is 11.3. The van der Waals surface area contributed by atoms with E-state index in [-0.39, 0.29) is 19.3 Å². The van der Waals surface area contributed by atoms with E-state index in [1.807, 2.05) is 65.1 Å². The van der Waals surface area contributed by atoms with Crippen LogP contribution in [0.1, 0.15) is 122 Å². The monoisotopic (exact) mass is 697 g/mol. The molecule has 1 N–H and O–H groups in total. The summed E-state index contributed by atoms with van der Waals surface area (Å²) >= 11 is 3.64. The molecule has 2 saturated carbocycles. The zero-order chi connectivity index (χ0) is 33.5. The highest BCUT2D eigenvalue weighted by atomic mass is 79.9. The molecule has 0 bridgehead atoms. The molecule has 1 amide bonds. The minimum absolute atomic E-state index is 0. The highest BCUT2D eigenvalue weighted by molar-refractivity contribution is 9.10. The molecule has 11 heteroatoms. The van der Waals surface area contributed by atoms with Crippen molar-refractivity contribution >= 4 is 39.3 Å². The fraction of sp³-hybridized carbons (Fsp3) is 0.514. The second kappa shape index (κ2) is 20.4. The summed E-state index contributed by atoms with van der Waals surface area (Å²) in [6.45, 7) is 17.1. The average Bonchev–Trinajstić information content (AvgIpc) is 3.97. The van der Waals surface area contributed by atoms with Crippen molar-refractivity contribution in [1.82, 2.24) is 29.3 Å². The number of rotatable bonds is 7. The summed E-state index contributed by atoms with van der Waals surface area (Å²) in [5, 5.41) is 2.85. The summed E-state index contributed by atoms with van der Waals surface area (Å²) in [7, 11) is 0. The Labute approximate surface area is 283 Å². The van der Waals surface area contributed by atoms with E-state index in [1.54, 1.807) is 19.2 Å². The van der Waals surface area contributed by atoms with Gasteiger partial charge in [-0.2, -0.15) is 0 Å². The molecule has 2 fully saturated rings. The van der Waals surface area contributed by atoms with E-state index in [0.717, 1.165) is 34.3 Å². The number of nitrogens with zero attached hydrogens (tertiary/aromatic N) is 6. The largest absolute Gasteiger partial charge is 0.456 e. The van der Waals surface area contributed by atoms with E-state index in [9.17, 15) is 9.59 Å². The minimum atomic E-state index is -0.641. The molecular formula is C35H52BrN7O3. The number of pyridine rings is 1. The molecule has 2 aliphatic carbocycles. The number of ether oxygens (including phenoxy) is 1. The number of halogens is 1. The van der Waals surface area contributed by atoms with E-state index in [0.29, 0.717) is 29.7 Å². The lowest BCUT2D eigenvalue weighted by atomic mass is 10.1. The van der Waals surface area contributed by atoms with E-state index in [1.165, 1.54) is 31.7 Å². The number of aromatic nitrogens is 6. The third-order valence-electron chi connectivity index (χ3n) is 6.45. The fourth-order valence-electron chi connectivity index (χ4n) is 4.21. The zero-order valence-electron chi connectivity index (χ0n) is 28.1. The quantitative estimate of drug-likeness (QED) is 0.190. The number of anilines is 1. The van der Waals surface area contributed by atoms with E-state index in [2.05, 4.69) is 53.4 Å². The Morgan fingerprint density at radius 3 is 2.20 bits per heavy atom. The number of esters is 1. The van der Waals surface area contributed by atoms with Gasteiger partial charge in [0.15, 0.2) is 5.65 Å². The normalized spacial score (nSPS) is 13.3. The molecule has 6 rings (SSSR count). The van der Waals surface area contributed by atoms with Crippen LogP contribution in [-0.4, -0.2) is 41.2 Å². The van der Waals surface area contributed by atoms with E-state index in [4.69, 9.17) is 9.72 Å². The third-order valence-corrected chi connectivity index (χ3v) is 7.03. The van der Waals surface area contributed by atoms with Crippen molar-refractivity contribution in [3.05, 3.63) is 76.1 Å². The number of carbonyl (C=O) groups excluding carboxylic acids is 2. The van der Waals surface area contributed by atoms with Crippen LogP contribution in [0, 0.1) is 19.8 Å². The molecule has 0 radical (unpaired) electrons. The van der Waals surface area contributed by atoms with Crippen molar-refractivity contribution in [3.63, 3.8) is 0 Å². The van der Waals surface area contributed by atoms with Crippen LogP contribution in [0.4, 0.5) is 5.82 Å². The molecule has 2 aliphatic rings. The Bertz CT molecular complexity index is 1500. The van der Waals surface area contributed by atoms with Gasteiger partial charge in [-0.25, -0.2) is 24.9 Å². The Balaban J connectivity index is 0.000000648. The molecule has 1 atom stereocenters. The van der Waals surface area contributed by atoms with E-state index < -0.39 is 12.1 Å². The second-order valence-corrected chi connectivity index (χ2v) is 10.9. The van der Waals surface area contributed by atoms with Crippen molar-refractivity contribution in [2.75, 3.05) is 5.32 Å². The first-order valence-electron chi connectivity index (χ1n) is 16.0. The van der Waals surface area contributed by atoms with Gasteiger partial charge in [-0.1, -0.05) is 49.0 Å². The number of nitrogens with one attached hydrogen (secondary N) is 1. The number of aryl methyl sites for hydroxylation is 2. The smallest absolute Gasteiger partial charge is 0.303 e. The third kappa shape index (κ3) is 12.6. The van der Waals surface area contributed by atoms with Gasteiger partial charge >= 0.3 is 5.97 Å². The molecule has 46 heavy (non-hydrogen) atoms. The van der Waals surface area contributed by atoms with Gasteiger partial charge in [0.2, 0.25) is 5.91 Å². The van der Waals surface area contributed by atoms with Crippen molar-refractivity contribution in [1.29, 1.82) is 0 Å². The molecule has 10 nitrogen and oxygen atoms in total. The van der Waals surface area contributed by atoms with Gasteiger partial charge in [0.1, 0.15) is 24.1 Å². The molecule has 252 valence electrons. The standard InChI is InChI=1S/C23H24BrN5O3.C5H6N2.3C2H6.CH4/c1-12-25-19(9-21(26-12)28-23(31)15-5-6-15)20(32-13(2)30)8-17-11-29-10-16(14-3-4-14)7-18(24)22(29)27-17;1-5-2-3-6-4-7-5;3*1-2;/h7,9-11,14-15,20H,3-6,8H2,1-2H3,(H,25,26,28,31);2-4H,1H3;3*1-2H3;1H4. The van der Waals surface area contributed by atoms with Crippen LogP contribution >= 0.6 is 15.9 Å². The number of imidazole rings is 1. The van der Waals surface area contributed by atoms with Gasteiger partial charge in [-0.3, -0.25) is 9.59 Å². The molecule has 4 heterocycles. The summed E-state index contributed by atoms with van der Waals surface area (Å²) in [5.74, 6) is 1.18. The van der Waals surface area contributed by atoms with Crippen LogP contribution in [0.25, 0.3) is 5.65 Å². The maximum Gasteiger partial charge on any atom is 0.303 e. The number of fused-ring (bicyclic) bond motifs is 1. The molecule has 1 unspecified atom stereocenters. The van der Waals surface area contributed by atoms with Crippen molar-refractivity contribution in [2.24, 2.45) is 5.92 Å². The van der Waals surface area contributed by atoms with Crippen molar-refractivity contribution in [3.8, 4) is 0 Å². The van der Waals surface area contributed by atoms with Gasteiger partial charge in [-0.05, 0) is 79.1 Å². The number of hydrogen-bond acceptors (Lipinski definition) is 8. The van der Waals surface area contributed by atoms with Crippen molar-refractivity contribution < 1.29 is 14.3 Å². The summed E-state index contributed by atoms with van der Waals surface area (Å²) in [6, 6.07) is 5.67. The lowest BCUT2D eigenvalue weighted by Gasteiger charge is -2.17. The predicted molar refractivity (Wildman–Crippen MR) is 189 cm³/mol. The Hall–Kier alpha value is -3.73. The van der Waals surface area contributed by atoms with Crippen LogP contribution in [0.3, 0.4) is 0 Å². The lowest BCUT2D eigenvalue weighted by molar-refractivity contribution is -0.146. The van der Waals surface area contributed by atoms with Gasteiger partial charge < -0.3 is 14.5 Å². The topological polar surface area (TPSA) is 124 Å². The zero-order valence-corrected chi connectivity index (χ0v) is 29.7. The maximum absolute atomic E-state index is 12.2. The van der Waals surface area contributed by atoms with Gasteiger partial charge in [0, 0.05) is 49.6 Å². The fourth-order valence-corrected chi connectivity index (χ4v) is 4.77. The summed E-state index contributed by atoms with van der Waals surface area (Å²) < 4.78 is 8.57. The highest BCUT2D eigenvalue weighted by Gasteiger charge is 2.30. The number of amides is 1. The first-order valence-corrected chi connectivity index (χ1v) is 16.8. The van der Waals surface area contributed by atoms with Crippen molar-refractivity contribution in [2.45, 2.75) is 114 Å². The Morgan fingerprint density at radius 2 is 1.67 bits per heavy atom. The van der Waals surface area contributed by atoms with Crippen LogP contribution in [-0.2, 0) is 20.7 Å². The molecule has 4 aromatic heterocycles. The van der Waals surface area contributed by atoms with Crippen LogP contribution in [0.2, 0.25) is 0 Å². The average molecular weight is 699 g/mol. The van der Waals surface area contributed by atoms with Crippen LogP contribution in [0.15, 0.2) is 47.6 Å². The molecule has 0 saturated heterocycles. The second-order valence-electron chi connectivity index (χ2n) is 10.0.